The Balaban J connectivity index is 1.81. The van der Waals surface area contributed by atoms with Crippen LogP contribution in [-0.4, -0.2) is 14.6 Å². The number of halogens is 1. The second-order valence-electron chi connectivity index (χ2n) is 5.15. The van der Waals surface area contributed by atoms with E-state index < -0.39 is 0 Å². The zero-order chi connectivity index (χ0) is 12.1. The van der Waals surface area contributed by atoms with Crippen LogP contribution in [0.4, 0.5) is 0 Å². The summed E-state index contributed by atoms with van der Waals surface area (Å²) in [4.78, 5) is 0.657. The van der Waals surface area contributed by atoms with Gasteiger partial charge in [0.25, 0.3) is 0 Å². The van der Waals surface area contributed by atoms with Gasteiger partial charge in [0.1, 0.15) is 0 Å². The first kappa shape index (κ1) is 13.1. The second kappa shape index (κ2) is 6.58. The van der Waals surface area contributed by atoms with E-state index in [1.54, 1.807) is 0 Å². The fourth-order valence-corrected chi connectivity index (χ4v) is 3.33. The van der Waals surface area contributed by atoms with Crippen molar-refractivity contribution < 1.29 is 0 Å². The number of rotatable bonds is 6. The molecule has 1 aromatic heterocycles. The molecule has 1 atom stereocenters. The molecule has 3 heteroatoms. The lowest BCUT2D eigenvalue weighted by atomic mass is 10.1. The Hall–Kier alpha value is -0.310. The van der Waals surface area contributed by atoms with Gasteiger partial charge < -0.3 is 0 Å². The van der Waals surface area contributed by atoms with E-state index in [9.17, 15) is 0 Å². The third kappa shape index (κ3) is 3.84. The van der Waals surface area contributed by atoms with Gasteiger partial charge in [-0.3, -0.25) is 4.68 Å². The highest BCUT2D eigenvalue weighted by Gasteiger charge is 2.17. The van der Waals surface area contributed by atoms with E-state index in [4.69, 9.17) is 5.10 Å². The number of nitrogens with zero attached hydrogens (tertiary/aromatic N) is 2. The number of hydrogen-bond acceptors (Lipinski definition) is 1. The molecule has 0 amide bonds. The minimum Gasteiger partial charge on any atom is -0.269 e. The average molecular weight is 299 g/mol. The van der Waals surface area contributed by atoms with Gasteiger partial charge in [-0.1, -0.05) is 42.1 Å². The van der Waals surface area contributed by atoms with E-state index in [0.29, 0.717) is 10.9 Å². The van der Waals surface area contributed by atoms with Crippen molar-refractivity contribution in [1.29, 1.82) is 0 Å². The molecule has 1 unspecified atom stereocenters. The second-order valence-corrected chi connectivity index (χ2v) is 6.44. The SMILES string of the molecule is CCCC(Br)CCc1ccn(C2CCCC2)n1. The Morgan fingerprint density at radius 2 is 2.18 bits per heavy atom. The summed E-state index contributed by atoms with van der Waals surface area (Å²) in [7, 11) is 0. The Morgan fingerprint density at radius 3 is 2.88 bits per heavy atom. The van der Waals surface area contributed by atoms with Crippen LogP contribution >= 0.6 is 15.9 Å². The fraction of sp³-hybridized carbons (Fsp3) is 0.786. The monoisotopic (exact) mass is 298 g/mol. The lowest BCUT2D eigenvalue weighted by molar-refractivity contribution is 0.462. The first-order valence-electron chi connectivity index (χ1n) is 6.97. The summed E-state index contributed by atoms with van der Waals surface area (Å²) in [5.41, 5.74) is 1.26. The van der Waals surface area contributed by atoms with E-state index in [1.807, 2.05) is 0 Å². The van der Waals surface area contributed by atoms with Crippen LogP contribution in [0.2, 0.25) is 0 Å². The number of aryl methyl sites for hydroxylation is 1. The quantitative estimate of drug-likeness (QED) is 0.707. The molecular weight excluding hydrogens is 276 g/mol. The highest BCUT2D eigenvalue weighted by molar-refractivity contribution is 9.09. The van der Waals surface area contributed by atoms with E-state index in [2.05, 4.69) is 39.8 Å². The van der Waals surface area contributed by atoms with Gasteiger partial charge in [-0.05, 0) is 38.2 Å². The molecule has 0 spiro atoms. The summed E-state index contributed by atoms with van der Waals surface area (Å²) in [5, 5.41) is 4.72. The maximum Gasteiger partial charge on any atom is 0.0625 e. The largest absolute Gasteiger partial charge is 0.269 e. The van der Waals surface area contributed by atoms with Gasteiger partial charge in [-0.2, -0.15) is 5.10 Å². The molecule has 17 heavy (non-hydrogen) atoms. The first-order chi connectivity index (χ1) is 8.29. The van der Waals surface area contributed by atoms with Gasteiger partial charge in [-0.15, -0.1) is 0 Å². The normalized spacial score (nSPS) is 18.7. The molecule has 1 aliphatic carbocycles. The molecule has 1 fully saturated rings. The fourth-order valence-electron chi connectivity index (χ4n) is 2.64. The lowest BCUT2D eigenvalue weighted by Crippen LogP contribution is -2.06. The molecule has 0 radical (unpaired) electrons. The first-order valence-corrected chi connectivity index (χ1v) is 7.89. The van der Waals surface area contributed by atoms with Gasteiger partial charge in [0.15, 0.2) is 0 Å². The molecule has 0 aromatic carbocycles. The molecule has 2 rings (SSSR count). The van der Waals surface area contributed by atoms with Gasteiger partial charge >= 0.3 is 0 Å². The average Bonchev–Trinajstić information content (AvgIpc) is 2.97. The van der Waals surface area contributed by atoms with Crippen molar-refractivity contribution in [2.75, 3.05) is 0 Å². The number of aromatic nitrogens is 2. The molecule has 1 aromatic rings. The van der Waals surface area contributed by atoms with Crippen LogP contribution in [0.15, 0.2) is 12.3 Å². The van der Waals surface area contributed by atoms with Gasteiger partial charge in [0.05, 0.1) is 11.7 Å². The molecule has 0 bridgehead atoms. The van der Waals surface area contributed by atoms with Crippen LogP contribution < -0.4 is 0 Å². The minimum absolute atomic E-state index is 0.657. The van der Waals surface area contributed by atoms with Crippen molar-refractivity contribution in [3.63, 3.8) is 0 Å². The molecule has 2 nitrogen and oxygen atoms in total. The Kier molecular flexibility index (Phi) is 5.08. The van der Waals surface area contributed by atoms with Crippen LogP contribution in [0.25, 0.3) is 0 Å². The summed E-state index contributed by atoms with van der Waals surface area (Å²) < 4.78 is 2.20. The smallest absolute Gasteiger partial charge is 0.0625 e. The van der Waals surface area contributed by atoms with Gasteiger partial charge in [0, 0.05) is 11.0 Å². The highest BCUT2D eigenvalue weighted by Crippen LogP contribution is 2.28. The number of alkyl halides is 1. The van der Waals surface area contributed by atoms with Crippen molar-refractivity contribution >= 4 is 15.9 Å². The van der Waals surface area contributed by atoms with E-state index in [-0.39, 0.29) is 0 Å². The number of hydrogen-bond donors (Lipinski definition) is 0. The molecule has 1 aliphatic rings. The summed E-state index contributed by atoms with van der Waals surface area (Å²) in [6, 6.07) is 2.88. The molecule has 0 saturated heterocycles. The van der Waals surface area contributed by atoms with Crippen LogP contribution in [0.5, 0.6) is 0 Å². The van der Waals surface area contributed by atoms with Crippen LogP contribution in [0.3, 0.4) is 0 Å². The summed E-state index contributed by atoms with van der Waals surface area (Å²) in [5.74, 6) is 0. The van der Waals surface area contributed by atoms with Crippen molar-refractivity contribution in [3.8, 4) is 0 Å². The zero-order valence-electron chi connectivity index (χ0n) is 10.7. The van der Waals surface area contributed by atoms with E-state index in [0.717, 1.165) is 6.42 Å². The topological polar surface area (TPSA) is 17.8 Å². The molecular formula is C14H23BrN2. The van der Waals surface area contributed by atoms with Gasteiger partial charge in [-0.25, -0.2) is 0 Å². The van der Waals surface area contributed by atoms with Crippen LogP contribution in [-0.2, 0) is 6.42 Å². The maximum absolute atomic E-state index is 4.72. The highest BCUT2D eigenvalue weighted by atomic mass is 79.9. The Labute approximate surface area is 113 Å². The minimum atomic E-state index is 0.657. The van der Waals surface area contributed by atoms with Crippen molar-refractivity contribution in [2.45, 2.75) is 69.2 Å². The lowest BCUT2D eigenvalue weighted by Gasteiger charge is -2.09. The predicted molar refractivity (Wildman–Crippen MR) is 75.7 cm³/mol. The standard InChI is InChI=1S/C14H23BrN2/c1-2-5-12(15)8-9-13-10-11-17(16-13)14-6-3-4-7-14/h10-12,14H,2-9H2,1H3. The summed E-state index contributed by atoms with van der Waals surface area (Å²) >= 11 is 3.73. The molecule has 0 aliphatic heterocycles. The molecule has 0 N–H and O–H groups in total. The van der Waals surface area contributed by atoms with Crippen molar-refractivity contribution in [3.05, 3.63) is 18.0 Å². The van der Waals surface area contributed by atoms with Crippen molar-refractivity contribution in [1.82, 2.24) is 9.78 Å². The third-order valence-corrected chi connectivity index (χ3v) is 4.59. The predicted octanol–water partition coefficient (Wildman–Crippen LogP) is 4.49. The maximum atomic E-state index is 4.72. The van der Waals surface area contributed by atoms with Gasteiger partial charge in [0.2, 0.25) is 0 Å². The molecule has 1 saturated carbocycles. The van der Waals surface area contributed by atoms with E-state index >= 15 is 0 Å². The van der Waals surface area contributed by atoms with Crippen LogP contribution in [0.1, 0.15) is 63.6 Å². The molecule has 96 valence electrons. The molecule has 1 heterocycles. The Bertz CT molecular complexity index is 329. The van der Waals surface area contributed by atoms with E-state index in [1.165, 1.54) is 50.6 Å². The van der Waals surface area contributed by atoms with Crippen molar-refractivity contribution in [2.24, 2.45) is 0 Å². The summed E-state index contributed by atoms with van der Waals surface area (Å²) in [6.07, 6.45) is 12.4. The Morgan fingerprint density at radius 1 is 1.41 bits per heavy atom. The summed E-state index contributed by atoms with van der Waals surface area (Å²) in [6.45, 7) is 2.24. The third-order valence-electron chi connectivity index (χ3n) is 3.68. The van der Waals surface area contributed by atoms with Crippen LogP contribution in [0, 0.1) is 0 Å². The zero-order valence-corrected chi connectivity index (χ0v) is 12.3.